The molecule has 0 atom stereocenters. The van der Waals surface area contributed by atoms with Crippen LogP contribution < -0.4 is 5.32 Å². The minimum absolute atomic E-state index is 0.0778. The fourth-order valence-corrected chi connectivity index (χ4v) is 3.28. The molecule has 1 aromatic carbocycles. The standard InChI is InChI=1S/C12H10Br2N2OS/c13-8-1-2-9(10(14)7-8)12(17)16-4-3-11-15-5-6-18-11/h1-2,5-7H,3-4H2,(H,16,17). The Labute approximate surface area is 126 Å². The number of thiazole rings is 1. The highest BCUT2D eigenvalue weighted by atomic mass is 79.9. The number of hydrogen-bond donors (Lipinski definition) is 1. The molecule has 0 saturated heterocycles. The van der Waals surface area contributed by atoms with Gasteiger partial charge in [-0.15, -0.1) is 11.3 Å². The van der Waals surface area contributed by atoms with Crippen molar-refractivity contribution in [1.29, 1.82) is 0 Å². The second-order valence-corrected chi connectivity index (χ2v) is 6.31. The van der Waals surface area contributed by atoms with Gasteiger partial charge in [0.1, 0.15) is 0 Å². The molecule has 0 aliphatic rings. The van der Waals surface area contributed by atoms with E-state index in [1.807, 2.05) is 17.5 Å². The summed E-state index contributed by atoms with van der Waals surface area (Å²) in [4.78, 5) is 16.1. The zero-order chi connectivity index (χ0) is 13.0. The Balaban J connectivity index is 1.91. The molecule has 0 radical (unpaired) electrons. The van der Waals surface area contributed by atoms with Gasteiger partial charge < -0.3 is 5.32 Å². The Bertz CT molecular complexity index is 543. The zero-order valence-corrected chi connectivity index (χ0v) is 13.3. The number of aromatic nitrogens is 1. The van der Waals surface area contributed by atoms with E-state index in [1.165, 1.54) is 0 Å². The Hall–Kier alpha value is -0.720. The maximum atomic E-state index is 11.9. The van der Waals surface area contributed by atoms with E-state index in [0.717, 1.165) is 20.4 Å². The van der Waals surface area contributed by atoms with Crippen molar-refractivity contribution >= 4 is 49.1 Å². The lowest BCUT2D eigenvalue weighted by Crippen LogP contribution is -2.25. The Morgan fingerprint density at radius 2 is 2.22 bits per heavy atom. The lowest BCUT2D eigenvalue weighted by atomic mass is 10.2. The quantitative estimate of drug-likeness (QED) is 0.867. The van der Waals surface area contributed by atoms with Gasteiger partial charge in [0.2, 0.25) is 0 Å². The van der Waals surface area contributed by atoms with Crippen LogP contribution >= 0.6 is 43.2 Å². The number of carbonyl (C=O) groups is 1. The van der Waals surface area contributed by atoms with Crippen LogP contribution in [0.3, 0.4) is 0 Å². The maximum Gasteiger partial charge on any atom is 0.252 e. The van der Waals surface area contributed by atoms with Crippen LogP contribution in [0.15, 0.2) is 38.7 Å². The van der Waals surface area contributed by atoms with Gasteiger partial charge in [-0.25, -0.2) is 4.98 Å². The highest BCUT2D eigenvalue weighted by Gasteiger charge is 2.09. The molecule has 6 heteroatoms. The Morgan fingerprint density at radius 3 is 2.89 bits per heavy atom. The predicted octanol–water partition coefficient (Wildman–Crippen LogP) is 3.64. The van der Waals surface area contributed by atoms with Crippen molar-refractivity contribution < 1.29 is 4.79 Å². The van der Waals surface area contributed by atoms with Crippen molar-refractivity contribution in [2.45, 2.75) is 6.42 Å². The van der Waals surface area contributed by atoms with E-state index in [4.69, 9.17) is 0 Å². The van der Waals surface area contributed by atoms with E-state index < -0.39 is 0 Å². The van der Waals surface area contributed by atoms with E-state index in [2.05, 4.69) is 42.2 Å². The molecular weight excluding hydrogens is 380 g/mol. The summed E-state index contributed by atoms with van der Waals surface area (Å²) in [5.41, 5.74) is 0.636. The van der Waals surface area contributed by atoms with Crippen LogP contribution in [0.1, 0.15) is 15.4 Å². The number of amides is 1. The third-order valence-corrected chi connectivity index (χ3v) is 4.27. The van der Waals surface area contributed by atoms with Gasteiger partial charge in [-0.2, -0.15) is 0 Å². The maximum absolute atomic E-state index is 11.9. The summed E-state index contributed by atoms with van der Waals surface area (Å²) in [6, 6.07) is 5.49. The fourth-order valence-electron chi connectivity index (χ4n) is 1.43. The van der Waals surface area contributed by atoms with Gasteiger partial charge >= 0.3 is 0 Å². The molecule has 0 fully saturated rings. The number of rotatable bonds is 4. The van der Waals surface area contributed by atoms with Gasteiger partial charge in [-0.1, -0.05) is 15.9 Å². The highest BCUT2D eigenvalue weighted by Crippen LogP contribution is 2.21. The summed E-state index contributed by atoms with van der Waals surface area (Å²) in [5, 5.41) is 5.85. The molecule has 94 valence electrons. The molecule has 18 heavy (non-hydrogen) atoms. The first-order chi connectivity index (χ1) is 8.66. The second kappa shape index (κ2) is 6.45. The van der Waals surface area contributed by atoms with Crippen LogP contribution in [0.2, 0.25) is 0 Å². The number of carbonyl (C=O) groups excluding carboxylic acids is 1. The SMILES string of the molecule is O=C(NCCc1nccs1)c1ccc(Br)cc1Br. The average molecular weight is 390 g/mol. The smallest absolute Gasteiger partial charge is 0.252 e. The van der Waals surface area contributed by atoms with Crippen molar-refractivity contribution in [1.82, 2.24) is 10.3 Å². The van der Waals surface area contributed by atoms with Crippen molar-refractivity contribution in [2.24, 2.45) is 0 Å². The summed E-state index contributed by atoms with van der Waals surface area (Å²) in [6.45, 7) is 0.592. The van der Waals surface area contributed by atoms with E-state index in [9.17, 15) is 4.79 Å². The van der Waals surface area contributed by atoms with Gasteiger partial charge in [0, 0.05) is 33.5 Å². The van der Waals surface area contributed by atoms with Gasteiger partial charge in [0.15, 0.2) is 0 Å². The topological polar surface area (TPSA) is 42.0 Å². The van der Waals surface area contributed by atoms with Gasteiger partial charge in [0.25, 0.3) is 5.91 Å². The molecule has 1 aromatic heterocycles. The monoisotopic (exact) mass is 388 g/mol. The van der Waals surface area contributed by atoms with E-state index in [-0.39, 0.29) is 5.91 Å². The molecule has 1 heterocycles. The molecule has 3 nitrogen and oxygen atoms in total. The van der Waals surface area contributed by atoms with Crippen LogP contribution in [-0.4, -0.2) is 17.4 Å². The number of nitrogens with one attached hydrogen (secondary N) is 1. The minimum atomic E-state index is -0.0778. The van der Waals surface area contributed by atoms with Crippen molar-refractivity contribution in [3.05, 3.63) is 49.3 Å². The van der Waals surface area contributed by atoms with E-state index >= 15 is 0 Å². The molecule has 1 N–H and O–H groups in total. The number of nitrogens with zero attached hydrogens (tertiary/aromatic N) is 1. The van der Waals surface area contributed by atoms with Crippen LogP contribution in [0.4, 0.5) is 0 Å². The lowest BCUT2D eigenvalue weighted by Gasteiger charge is -2.06. The first kappa shape index (κ1) is 13.7. The summed E-state index contributed by atoms with van der Waals surface area (Å²) in [7, 11) is 0. The third-order valence-electron chi connectivity index (χ3n) is 2.28. The van der Waals surface area contributed by atoms with Crippen molar-refractivity contribution in [3.8, 4) is 0 Å². The average Bonchev–Trinajstić information content (AvgIpc) is 2.81. The van der Waals surface area contributed by atoms with Gasteiger partial charge in [0.05, 0.1) is 10.6 Å². The molecule has 2 rings (SSSR count). The second-order valence-electron chi connectivity index (χ2n) is 3.56. The first-order valence-electron chi connectivity index (χ1n) is 5.28. The zero-order valence-electron chi connectivity index (χ0n) is 9.32. The molecule has 0 aliphatic carbocycles. The number of halogens is 2. The summed E-state index contributed by atoms with van der Waals surface area (Å²) in [6.07, 6.45) is 2.53. The van der Waals surface area contributed by atoms with E-state index in [1.54, 1.807) is 23.6 Å². The summed E-state index contributed by atoms with van der Waals surface area (Å²) >= 11 is 8.33. The molecule has 0 spiro atoms. The fraction of sp³-hybridized carbons (Fsp3) is 0.167. The van der Waals surface area contributed by atoms with Crippen LogP contribution in [0, 0.1) is 0 Å². The summed E-state index contributed by atoms with van der Waals surface area (Å²) < 4.78 is 1.72. The van der Waals surface area contributed by atoms with Crippen LogP contribution in [-0.2, 0) is 6.42 Å². The normalized spacial score (nSPS) is 10.3. The van der Waals surface area contributed by atoms with Crippen molar-refractivity contribution in [2.75, 3.05) is 6.54 Å². The largest absolute Gasteiger partial charge is 0.352 e. The predicted molar refractivity (Wildman–Crippen MR) is 80.0 cm³/mol. The molecule has 0 aliphatic heterocycles. The molecule has 1 amide bonds. The molecule has 0 saturated carbocycles. The van der Waals surface area contributed by atoms with Gasteiger partial charge in [-0.05, 0) is 34.1 Å². The number of hydrogen-bond acceptors (Lipinski definition) is 3. The van der Waals surface area contributed by atoms with Crippen molar-refractivity contribution in [3.63, 3.8) is 0 Å². The lowest BCUT2D eigenvalue weighted by molar-refractivity contribution is 0.0953. The Kier molecular flexibility index (Phi) is 4.91. The number of benzene rings is 1. The van der Waals surface area contributed by atoms with Crippen LogP contribution in [0.25, 0.3) is 0 Å². The Morgan fingerprint density at radius 1 is 1.39 bits per heavy atom. The minimum Gasteiger partial charge on any atom is -0.352 e. The van der Waals surface area contributed by atoms with Crippen LogP contribution in [0.5, 0.6) is 0 Å². The molecule has 0 bridgehead atoms. The summed E-state index contributed by atoms with van der Waals surface area (Å²) in [5.74, 6) is -0.0778. The molecule has 2 aromatic rings. The van der Waals surface area contributed by atoms with E-state index in [0.29, 0.717) is 12.1 Å². The third kappa shape index (κ3) is 3.63. The molecular formula is C12H10Br2N2OS. The first-order valence-corrected chi connectivity index (χ1v) is 7.75. The highest BCUT2D eigenvalue weighted by molar-refractivity contribution is 9.11. The van der Waals surface area contributed by atoms with Gasteiger partial charge in [-0.3, -0.25) is 4.79 Å². The molecule has 0 unspecified atom stereocenters.